The zero-order valence-corrected chi connectivity index (χ0v) is 22.3. The minimum absolute atomic E-state index is 0.0692. The molecule has 0 saturated carbocycles. The number of pyridine rings is 1. The van der Waals surface area contributed by atoms with E-state index < -0.39 is 30.1 Å². The molecule has 0 atom stereocenters. The topological polar surface area (TPSA) is 87.4 Å². The highest BCUT2D eigenvalue weighted by atomic mass is 19.4. The minimum atomic E-state index is -4.58. The molecule has 2 aliphatic heterocycles. The molecule has 2 aliphatic rings. The van der Waals surface area contributed by atoms with Crippen LogP contribution in [-0.4, -0.2) is 47.7 Å². The zero-order valence-electron chi connectivity index (χ0n) is 22.3. The van der Waals surface area contributed by atoms with Gasteiger partial charge in [-0.3, -0.25) is 0 Å². The summed E-state index contributed by atoms with van der Waals surface area (Å²) >= 11 is 0. The van der Waals surface area contributed by atoms with Gasteiger partial charge in [0.25, 0.3) is 0 Å². The number of nitrogens with zero attached hydrogens (tertiary/aromatic N) is 6. The molecule has 0 aliphatic carbocycles. The number of hydrogen-bond donors (Lipinski definition) is 0. The standard InChI is InChI=1S/C28H28F4N6O2/c1-4-5-24-39-27(40-24)20-15-34-23(13-21(20)28(30,31)32)37-8-10-38(11-9-37)26-17(3)16(2)25(35-36-26)18-6-7-22(29)19(12-18)14-33/h6-7,12-13,15,24,27H,4-5,8-11H2,1-3H3. The van der Waals surface area contributed by atoms with Crippen LogP contribution in [0.2, 0.25) is 0 Å². The first-order valence-corrected chi connectivity index (χ1v) is 13.0. The third-order valence-corrected chi connectivity index (χ3v) is 7.32. The molecule has 0 N–H and O–H groups in total. The van der Waals surface area contributed by atoms with Crippen LogP contribution in [-0.2, 0) is 15.7 Å². The fourth-order valence-electron chi connectivity index (χ4n) is 4.94. The summed E-state index contributed by atoms with van der Waals surface area (Å²) in [4.78, 5) is 8.16. The van der Waals surface area contributed by atoms with E-state index in [0.717, 1.165) is 23.6 Å². The van der Waals surface area contributed by atoms with E-state index in [2.05, 4.69) is 15.2 Å². The Balaban J connectivity index is 1.31. The summed E-state index contributed by atoms with van der Waals surface area (Å²) < 4.78 is 66.6. The second kappa shape index (κ2) is 11.0. The fourth-order valence-corrected chi connectivity index (χ4v) is 4.94. The van der Waals surface area contributed by atoms with Gasteiger partial charge in [-0.15, -0.1) is 10.2 Å². The van der Waals surface area contributed by atoms with Gasteiger partial charge in [-0.25, -0.2) is 9.37 Å². The second-order valence-electron chi connectivity index (χ2n) is 9.85. The number of alkyl halides is 3. The van der Waals surface area contributed by atoms with Crippen molar-refractivity contribution < 1.29 is 27.0 Å². The van der Waals surface area contributed by atoms with Gasteiger partial charge >= 0.3 is 6.18 Å². The largest absolute Gasteiger partial charge is 0.417 e. The number of halogens is 4. The Bertz CT molecular complexity index is 1440. The monoisotopic (exact) mass is 556 g/mol. The Morgan fingerprint density at radius 1 is 1.02 bits per heavy atom. The average molecular weight is 557 g/mol. The van der Waals surface area contributed by atoms with Crippen molar-refractivity contribution in [2.75, 3.05) is 36.0 Å². The molecular formula is C28H28F4N6O2. The first-order chi connectivity index (χ1) is 19.1. The van der Waals surface area contributed by atoms with Crippen LogP contribution in [0.15, 0.2) is 30.5 Å². The number of aromatic nitrogens is 3. The Kier molecular flexibility index (Phi) is 7.61. The molecule has 4 heterocycles. The van der Waals surface area contributed by atoms with Crippen molar-refractivity contribution in [1.82, 2.24) is 15.2 Å². The van der Waals surface area contributed by atoms with E-state index in [4.69, 9.17) is 14.7 Å². The van der Waals surface area contributed by atoms with E-state index in [1.807, 2.05) is 36.6 Å². The Morgan fingerprint density at radius 2 is 1.73 bits per heavy atom. The SMILES string of the molecule is CCCC1OC(c2cnc(N3CCN(c4nnc(-c5ccc(F)c(C#N)c5)c(C)c4C)CC3)cc2C(F)(F)F)O1. The molecule has 0 unspecified atom stereocenters. The third kappa shape index (κ3) is 5.31. The van der Waals surface area contributed by atoms with Crippen molar-refractivity contribution >= 4 is 11.6 Å². The van der Waals surface area contributed by atoms with Crippen LogP contribution in [0.5, 0.6) is 0 Å². The number of anilines is 2. The van der Waals surface area contributed by atoms with Crippen LogP contribution in [0.3, 0.4) is 0 Å². The van der Waals surface area contributed by atoms with Gasteiger partial charge in [0.15, 0.2) is 18.4 Å². The number of rotatable bonds is 6. The lowest BCUT2D eigenvalue weighted by atomic mass is 10.0. The summed E-state index contributed by atoms with van der Waals surface area (Å²) in [6.45, 7) is 7.62. The maximum atomic E-state index is 13.9. The third-order valence-electron chi connectivity index (χ3n) is 7.32. The van der Waals surface area contributed by atoms with Gasteiger partial charge in [0.1, 0.15) is 17.7 Å². The summed E-state index contributed by atoms with van der Waals surface area (Å²) in [5, 5.41) is 17.9. The molecular weight excluding hydrogens is 528 g/mol. The molecule has 0 spiro atoms. The Hall–Kier alpha value is -3.82. The van der Waals surface area contributed by atoms with Crippen LogP contribution in [0.4, 0.5) is 29.2 Å². The molecule has 1 aromatic carbocycles. The van der Waals surface area contributed by atoms with Crippen LogP contribution in [0.1, 0.15) is 53.9 Å². The van der Waals surface area contributed by atoms with Crippen molar-refractivity contribution in [3.8, 4) is 17.3 Å². The number of hydrogen-bond acceptors (Lipinski definition) is 8. The second-order valence-corrected chi connectivity index (χ2v) is 9.85. The van der Waals surface area contributed by atoms with Gasteiger partial charge in [0.05, 0.1) is 16.8 Å². The van der Waals surface area contributed by atoms with Gasteiger partial charge in [-0.1, -0.05) is 13.3 Å². The highest BCUT2D eigenvalue weighted by Gasteiger charge is 2.41. The minimum Gasteiger partial charge on any atom is -0.353 e. The maximum absolute atomic E-state index is 13.9. The zero-order chi connectivity index (χ0) is 28.6. The molecule has 0 amide bonds. The number of benzene rings is 1. The van der Waals surface area contributed by atoms with Crippen molar-refractivity contribution in [1.29, 1.82) is 5.26 Å². The molecule has 0 radical (unpaired) electrons. The van der Waals surface area contributed by atoms with Crippen molar-refractivity contribution in [2.24, 2.45) is 0 Å². The fraction of sp³-hybridized carbons (Fsp3) is 0.429. The highest BCUT2D eigenvalue weighted by molar-refractivity contribution is 5.68. The van der Waals surface area contributed by atoms with E-state index in [-0.39, 0.29) is 16.9 Å². The average Bonchev–Trinajstić information content (AvgIpc) is 2.92. The molecule has 2 fully saturated rings. The van der Waals surface area contributed by atoms with E-state index in [9.17, 15) is 17.6 Å². The van der Waals surface area contributed by atoms with Crippen LogP contribution in [0, 0.1) is 31.0 Å². The van der Waals surface area contributed by atoms with Crippen molar-refractivity contribution in [3.05, 3.63) is 64.1 Å². The van der Waals surface area contributed by atoms with E-state index in [1.54, 1.807) is 6.07 Å². The maximum Gasteiger partial charge on any atom is 0.417 e. The highest BCUT2D eigenvalue weighted by Crippen LogP contribution is 2.42. The predicted molar refractivity (Wildman–Crippen MR) is 139 cm³/mol. The van der Waals surface area contributed by atoms with Crippen LogP contribution >= 0.6 is 0 Å². The lowest BCUT2D eigenvalue weighted by molar-refractivity contribution is -0.392. The molecule has 0 bridgehead atoms. The molecule has 2 saturated heterocycles. The number of nitriles is 1. The van der Waals surface area contributed by atoms with Gasteiger partial charge in [-0.05, 0) is 55.7 Å². The number of ether oxygens (including phenoxy) is 2. The first kappa shape index (κ1) is 27.7. The van der Waals surface area contributed by atoms with Crippen LogP contribution in [0.25, 0.3) is 11.3 Å². The van der Waals surface area contributed by atoms with Crippen molar-refractivity contribution in [3.63, 3.8) is 0 Å². The van der Waals surface area contributed by atoms with Gasteiger partial charge in [-0.2, -0.15) is 18.4 Å². The Morgan fingerprint density at radius 3 is 2.38 bits per heavy atom. The molecule has 2 aromatic heterocycles. The quantitative estimate of drug-likeness (QED) is 0.359. The van der Waals surface area contributed by atoms with E-state index in [0.29, 0.717) is 49.7 Å². The first-order valence-electron chi connectivity index (χ1n) is 13.0. The predicted octanol–water partition coefficient (Wildman–Crippen LogP) is 5.68. The van der Waals surface area contributed by atoms with Gasteiger partial charge < -0.3 is 19.3 Å². The summed E-state index contributed by atoms with van der Waals surface area (Å²) in [7, 11) is 0. The molecule has 210 valence electrons. The lowest BCUT2D eigenvalue weighted by Gasteiger charge is -2.38. The summed E-state index contributed by atoms with van der Waals surface area (Å²) in [6, 6.07) is 7.14. The normalized spacial score (nSPS) is 19.4. The Labute approximate surface area is 229 Å². The molecule has 40 heavy (non-hydrogen) atoms. The van der Waals surface area contributed by atoms with Crippen LogP contribution < -0.4 is 9.80 Å². The summed E-state index contributed by atoms with van der Waals surface area (Å²) in [5.41, 5.74) is 1.87. The van der Waals surface area contributed by atoms with Gasteiger partial charge in [0, 0.05) is 43.5 Å². The van der Waals surface area contributed by atoms with Crippen molar-refractivity contribution in [2.45, 2.75) is 52.4 Å². The summed E-state index contributed by atoms with van der Waals surface area (Å²) in [6.07, 6.45) is -3.52. The number of piperazine rings is 1. The molecule has 5 rings (SSSR count). The molecule has 12 heteroatoms. The molecule has 8 nitrogen and oxygen atoms in total. The van der Waals surface area contributed by atoms with Gasteiger partial charge in [0.2, 0.25) is 0 Å². The summed E-state index contributed by atoms with van der Waals surface area (Å²) in [5.74, 6) is 0.308. The lowest BCUT2D eigenvalue weighted by Crippen LogP contribution is -2.47. The smallest absolute Gasteiger partial charge is 0.353 e. The van der Waals surface area contributed by atoms with E-state index in [1.165, 1.54) is 18.3 Å². The molecule has 3 aromatic rings. The van der Waals surface area contributed by atoms with E-state index >= 15 is 0 Å².